The summed E-state index contributed by atoms with van der Waals surface area (Å²) in [4.78, 5) is 5.36. The molecule has 2 aromatic heterocycles. The van der Waals surface area contributed by atoms with Crippen molar-refractivity contribution in [2.45, 2.75) is 39.5 Å². The van der Waals surface area contributed by atoms with Crippen molar-refractivity contribution in [1.29, 1.82) is 0 Å². The Bertz CT molecular complexity index is 2640. The van der Waals surface area contributed by atoms with Gasteiger partial charge in [0, 0.05) is 10.8 Å². The molecule has 0 radical (unpaired) electrons. The topological polar surface area (TPSA) is 31.0 Å². The van der Waals surface area contributed by atoms with Crippen molar-refractivity contribution in [1.82, 2.24) is 9.55 Å². The molecule has 232 valence electrons. The number of aromatic nitrogens is 2. The van der Waals surface area contributed by atoms with Crippen LogP contribution in [0.15, 0.2) is 138 Å². The van der Waals surface area contributed by atoms with E-state index in [-0.39, 0.29) is 0 Å². The summed E-state index contributed by atoms with van der Waals surface area (Å²) in [5.41, 5.74) is 11.1. The predicted molar refractivity (Wildman–Crippen MR) is 202 cm³/mol. The number of para-hydroxylation sites is 3. The Morgan fingerprint density at radius 2 is 1.23 bits per heavy atom. The Labute approximate surface area is 280 Å². The Morgan fingerprint density at radius 3 is 2.02 bits per heavy atom. The molecule has 9 rings (SSSR count). The maximum atomic E-state index is 6.86. The summed E-state index contributed by atoms with van der Waals surface area (Å²) in [6.45, 7) is 9.19. The molecule has 0 spiro atoms. The third-order valence-corrected chi connectivity index (χ3v) is 9.91. The van der Waals surface area contributed by atoms with E-state index in [0.717, 1.165) is 44.4 Å². The smallest absolute Gasteiger partial charge is 0.149 e. The minimum absolute atomic E-state index is 0.291. The zero-order valence-corrected chi connectivity index (χ0v) is 27.7. The van der Waals surface area contributed by atoms with E-state index in [0.29, 0.717) is 11.8 Å². The van der Waals surface area contributed by atoms with Gasteiger partial charge in [0.2, 0.25) is 0 Å². The van der Waals surface area contributed by atoms with Gasteiger partial charge >= 0.3 is 0 Å². The highest BCUT2D eigenvalue weighted by molar-refractivity contribution is 6.17. The largest absolute Gasteiger partial charge is 0.455 e. The van der Waals surface area contributed by atoms with Gasteiger partial charge in [-0.2, -0.15) is 0 Å². The molecule has 0 aliphatic rings. The Balaban J connectivity index is 1.35. The number of hydrogen-bond donors (Lipinski definition) is 0. The fraction of sp³-hybridized carbons (Fsp3) is 0.133. The molecule has 0 aliphatic carbocycles. The van der Waals surface area contributed by atoms with Gasteiger partial charge in [0.15, 0.2) is 0 Å². The fourth-order valence-corrected chi connectivity index (χ4v) is 7.52. The number of benzene rings is 7. The van der Waals surface area contributed by atoms with E-state index >= 15 is 0 Å². The van der Waals surface area contributed by atoms with Crippen molar-refractivity contribution in [3.63, 3.8) is 0 Å². The lowest BCUT2D eigenvalue weighted by Crippen LogP contribution is -2.09. The number of imidazole rings is 1. The molecule has 0 fully saturated rings. The highest BCUT2D eigenvalue weighted by Gasteiger charge is 2.25. The van der Waals surface area contributed by atoms with Crippen molar-refractivity contribution < 1.29 is 4.42 Å². The van der Waals surface area contributed by atoms with Gasteiger partial charge in [-0.1, -0.05) is 119 Å². The van der Waals surface area contributed by atoms with Crippen LogP contribution in [0.5, 0.6) is 0 Å². The summed E-state index contributed by atoms with van der Waals surface area (Å²) in [7, 11) is 0. The maximum Gasteiger partial charge on any atom is 0.149 e. The van der Waals surface area contributed by atoms with Gasteiger partial charge in [0.1, 0.15) is 17.0 Å². The summed E-state index contributed by atoms with van der Waals surface area (Å²) in [5.74, 6) is 1.48. The zero-order valence-electron chi connectivity index (χ0n) is 27.7. The van der Waals surface area contributed by atoms with Gasteiger partial charge in [0.25, 0.3) is 0 Å². The first-order chi connectivity index (χ1) is 23.5. The second kappa shape index (κ2) is 11.0. The van der Waals surface area contributed by atoms with E-state index < -0.39 is 0 Å². The molecule has 0 bridgehead atoms. The minimum Gasteiger partial charge on any atom is -0.455 e. The van der Waals surface area contributed by atoms with Crippen LogP contribution in [0.4, 0.5) is 0 Å². The van der Waals surface area contributed by atoms with Crippen molar-refractivity contribution in [3.05, 3.63) is 145 Å². The molecule has 3 heteroatoms. The average Bonchev–Trinajstić information content (AvgIpc) is 3.68. The van der Waals surface area contributed by atoms with Crippen LogP contribution < -0.4 is 0 Å². The standard InChI is InChI=1S/C45H36N2O/c1-27(2)36-24-32(29-13-6-5-7-14-29)25-37(28(3)4)43(36)47-41-20-11-10-19-40(41)46-45(47)35-18-12-17-34-39-23-31-22-21-30-15-8-9-16-33(30)38(31)26-42(39)48-44(34)35/h5-28H,1-4H3. The average molecular weight is 621 g/mol. The van der Waals surface area contributed by atoms with Crippen molar-refractivity contribution in [3.8, 4) is 28.2 Å². The van der Waals surface area contributed by atoms with Crippen molar-refractivity contribution >= 4 is 54.5 Å². The van der Waals surface area contributed by atoms with Gasteiger partial charge in [0.05, 0.1) is 22.3 Å². The molecule has 0 atom stereocenters. The highest BCUT2D eigenvalue weighted by atomic mass is 16.3. The van der Waals surface area contributed by atoms with Gasteiger partial charge < -0.3 is 4.42 Å². The molecular formula is C45H36N2O. The Kier molecular flexibility index (Phi) is 6.52. The summed E-state index contributed by atoms with van der Waals surface area (Å²) in [5, 5.41) is 7.10. The first kappa shape index (κ1) is 28.5. The summed E-state index contributed by atoms with van der Waals surface area (Å²) >= 11 is 0. The third-order valence-electron chi connectivity index (χ3n) is 9.91. The molecule has 3 nitrogen and oxygen atoms in total. The van der Waals surface area contributed by atoms with E-state index in [9.17, 15) is 0 Å². The number of rotatable bonds is 5. The van der Waals surface area contributed by atoms with Crippen molar-refractivity contribution in [2.24, 2.45) is 0 Å². The maximum absolute atomic E-state index is 6.86. The zero-order chi connectivity index (χ0) is 32.5. The van der Waals surface area contributed by atoms with Crippen LogP contribution in [0, 0.1) is 0 Å². The van der Waals surface area contributed by atoms with Crippen LogP contribution in [-0.2, 0) is 0 Å². The lowest BCUT2D eigenvalue weighted by molar-refractivity contribution is 0.670. The lowest BCUT2D eigenvalue weighted by Gasteiger charge is -2.24. The van der Waals surface area contributed by atoms with E-state index in [4.69, 9.17) is 9.40 Å². The van der Waals surface area contributed by atoms with Crippen LogP contribution in [0.2, 0.25) is 0 Å². The monoisotopic (exact) mass is 620 g/mol. The summed E-state index contributed by atoms with van der Waals surface area (Å²) in [6, 6.07) is 48.0. The molecule has 9 aromatic rings. The van der Waals surface area contributed by atoms with Gasteiger partial charge in [-0.15, -0.1) is 0 Å². The number of furan rings is 1. The molecule has 0 amide bonds. The SMILES string of the molecule is CC(C)c1cc(-c2ccccc2)cc(C(C)C)c1-n1c(-c2cccc3c2oc2cc4c(ccc5ccccc54)cc23)nc2ccccc21. The summed E-state index contributed by atoms with van der Waals surface area (Å²) in [6.07, 6.45) is 0. The summed E-state index contributed by atoms with van der Waals surface area (Å²) < 4.78 is 9.26. The second-order valence-electron chi connectivity index (χ2n) is 13.6. The van der Waals surface area contributed by atoms with Gasteiger partial charge in [-0.3, -0.25) is 4.57 Å². The predicted octanol–water partition coefficient (Wildman–Crippen LogP) is 12.8. The minimum atomic E-state index is 0.291. The molecule has 0 unspecified atom stereocenters. The number of hydrogen-bond acceptors (Lipinski definition) is 2. The molecule has 2 heterocycles. The highest BCUT2D eigenvalue weighted by Crippen LogP contribution is 2.43. The van der Waals surface area contributed by atoms with Gasteiger partial charge in [-0.05, 0) is 98.1 Å². The quantitative estimate of drug-likeness (QED) is 0.179. The van der Waals surface area contributed by atoms with Crippen LogP contribution in [0.3, 0.4) is 0 Å². The molecular weight excluding hydrogens is 585 g/mol. The van der Waals surface area contributed by atoms with Crippen LogP contribution >= 0.6 is 0 Å². The molecule has 0 aliphatic heterocycles. The number of nitrogens with zero attached hydrogens (tertiary/aromatic N) is 2. The first-order valence-electron chi connectivity index (χ1n) is 16.9. The molecule has 0 saturated carbocycles. The third kappa shape index (κ3) is 4.38. The normalized spacial score (nSPS) is 12.1. The molecule has 48 heavy (non-hydrogen) atoms. The number of fused-ring (bicyclic) bond motifs is 7. The Morgan fingerprint density at radius 1 is 0.542 bits per heavy atom. The molecule has 0 N–H and O–H groups in total. The molecule has 7 aromatic carbocycles. The van der Waals surface area contributed by atoms with Gasteiger partial charge in [-0.25, -0.2) is 4.98 Å². The van der Waals surface area contributed by atoms with E-state index in [1.54, 1.807) is 0 Å². The Hall–Kier alpha value is -5.67. The fourth-order valence-electron chi connectivity index (χ4n) is 7.52. The van der Waals surface area contributed by atoms with E-state index in [1.165, 1.54) is 49.5 Å². The lowest BCUT2D eigenvalue weighted by atomic mass is 9.88. The van der Waals surface area contributed by atoms with Crippen molar-refractivity contribution in [2.75, 3.05) is 0 Å². The second-order valence-corrected chi connectivity index (χ2v) is 13.6. The van der Waals surface area contributed by atoms with E-state index in [1.807, 2.05) is 0 Å². The van der Waals surface area contributed by atoms with Crippen LogP contribution in [0.1, 0.15) is 50.7 Å². The van der Waals surface area contributed by atoms with Crippen LogP contribution in [-0.4, -0.2) is 9.55 Å². The van der Waals surface area contributed by atoms with E-state index in [2.05, 4.69) is 166 Å². The van der Waals surface area contributed by atoms with Crippen LogP contribution in [0.25, 0.3) is 82.7 Å². The first-order valence-corrected chi connectivity index (χ1v) is 16.9. The molecule has 0 saturated heterocycles.